The molecule has 20 heavy (non-hydrogen) atoms. The zero-order chi connectivity index (χ0) is 14.4. The second-order valence-electron chi connectivity index (χ2n) is 4.59. The highest BCUT2D eigenvalue weighted by Crippen LogP contribution is 2.17. The summed E-state index contributed by atoms with van der Waals surface area (Å²) in [4.78, 5) is 15.8. The zero-order valence-electron chi connectivity index (χ0n) is 11.5. The molecule has 5 nitrogen and oxygen atoms in total. The summed E-state index contributed by atoms with van der Waals surface area (Å²) in [6.45, 7) is 3.87. The molecule has 1 aromatic carbocycles. The van der Waals surface area contributed by atoms with Crippen LogP contribution >= 0.6 is 11.8 Å². The molecule has 0 saturated heterocycles. The van der Waals surface area contributed by atoms with Crippen molar-refractivity contribution in [2.24, 2.45) is 0 Å². The van der Waals surface area contributed by atoms with Gasteiger partial charge < -0.3 is 9.84 Å². The van der Waals surface area contributed by atoms with E-state index in [9.17, 15) is 4.79 Å². The molecule has 0 unspecified atom stereocenters. The summed E-state index contributed by atoms with van der Waals surface area (Å²) < 4.78 is 5.17. The second-order valence-corrected chi connectivity index (χ2v) is 5.58. The number of hydrogen-bond acceptors (Lipinski definition) is 5. The van der Waals surface area contributed by atoms with E-state index in [-0.39, 0.29) is 11.9 Å². The van der Waals surface area contributed by atoms with Crippen LogP contribution in [0, 0.1) is 0 Å². The van der Waals surface area contributed by atoms with E-state index in [1.165, 1.54) is 11.8 Å². The van der Waals surface area contributed by atoms with Crippen LogP contribution in [0.1, 0.15) is 19.7 Å². The standard InChI is InChI=1S/C14H17N3O2S/c1-10(2)15-12(18)8-20-9-13-16-14(17-19-13)11-6-4-3-5-7-11/h3-7,10H,8-9H2,1-2H3,(H,15,18). The molecule has 0 aliphatic carbocycles. The Morgan fingerprint density at radius 3 is 2.80 bits per heavy atom. The van der Waals surface area contributed by atoms with Crippen molar-refractivity contribution < 1.29 is 9.32 Å². The highest BCUT2D eigenvalue weighted by atomic mass is 32.2. The average molecular weight is 291 g/mol. The predicted octanol–water partition coefficient (Wildman–Crippen LogP) is 2.49. The summed E-state index contributed by atoms with van der Waals surface area (Å²) >= 11 is 1.46. The van der Waals surface area contributed by atoms with Crippen LogP contribution in [-0.4, -0.2) is 27.8 Å². The molecular weight excluding hydrogens is 274 g/mol. The number of thioether (sulfide) groups is 1. The Labute approximate surface area is 122 Å². The number of nitrogens with one attached hydrogen (secondary N) is 1. The van der Waals surface area contributed by atoms with Crippen LogP contribution < -0.4 is 5.32 Å². The SMILES string of the molecule is CC(C)NC(=O)CSCc1nc(-c2ccccc2)no1. The van der Waals surface area contributed by atoms with Gasteiger partial charge in [0.1, 0.15) is 0 Å². The lowest BCUT2D eigenvalue weighted by Crippen LogP contribution is -2.31. The molecule has 1 aromatic heterocycles. The monoisotopic (exact) mass is 291 g/mol. The van der Waals surface area contributed by atoms with Crippen LogP contribution in [0.3, 0.4) is 0 Å². The Morgan fingerprint density at radius 2 is 2.10 bits per heavy atom. The predicted molar refractivity (Wildman–Crippen MR) is 79.2 cm³/mol. The molecule has 1 N–H and O–H groups in total. The number of amides is 1. The largest absolute Gasteiger partial charge is 0.353 e. The van der Waals surface area contributed by atoms with Crippen LogP contribution in [-0.2, 0) is 10.5 Å². The molecule has 1 heterocycles. The second kappa shape index (κ2) is 7.09. The van der Waals surface area contributed by atoms with Gasteiger partial charge in [-0.2, -0.15) is 4.98 Å². The lowest BCUT2D eigenvalue weighted by atomic mass is 10.2. The van der Waals surface area contributed by atoms with E-state index in [1.807, 2.05) is 44.2 Å². The van der Waals surface area contributed by atoms with Crippen LogP contribution in [0.25, 0.3) is 11.4 Å². The fourth-order valence-corrected chi connectivity index (χ4v) is 2.28. The molecule has 0 bridgehead atoms. The number of hydrogen-bond donors (Lipinski definition) is 1. The van der Waals surface area contributed by atoms with Gasteiger partial charge in [-0.05, 0) is 13.8 Å². The molecule has 6 heteroatoms. The Bertz CT molecular complexity index is 555. The van der Waals surface area contributed by atoms with Crippen LogP contribution in [0.5, 0.6) is 0 Å². The van der Waals surface area contributed by atoms with Crippen LogP contribution in [0.15, 0.2) is 34.9 Å². The van der Waals surface area contributed by atoms with Crippen molar-refractivity contribution in [2.45, 2.75) is 25.6 Å². The Morgan fingerprint density at radius 1 is 1.35 bits per heavy atom. The molecule has 0 atom stereocenters. The lowest BCUT2D eigenvalue weighted by Gasteiger charge is -2.06. The van der Waals surface area contributed by atoms with Gasteiger partial charge in [0.05, 0.1) is 11.5 Å². The quantitative estimate of drug-likeness (QED) is 0.885. The number of carbonyl (C=O) groups excluding carboxylic acids is 1. The van der Waals surface area contributed by atoms with Crippen molar-refractivity contribution >= 4 is 17.7 Å². The molecule has 2 rings (SSSR count). The van der Waals surface area contributed by atoms with Crippen molar-refractivity contribution in [3.05, 3.63) is 36.2 Å². The first-order chi connectivity index (χ1) is 9.65. The third-order valence-corrected chi connectivity index (χ3v) is 3.33. The molecule has 0 fully saturated rings. The molecule has 0 spiro atoms. The van der Waals surface area contributed by atoms with Gasteiger partial charge in [0.15, 0.2) is 0 Å². The number of benzene rings is 1. The van der Waals surface area contributed by atoms with E-state index in [1.54, 1.807) is 0 Å². The van der Waals surface area contributed by atoms with Gasteiger partial charge in [-0.3, -0.25) is 4.79 Å². The van der Waals surface area contributed by atoms with Gasteiger partial charge in [0.25, 0.3) is 0 Å². The van der Waals surface area contributed by atoms with E-state index in [0.29, 0.717) is 23.2 Å². The van der Waals surface area contributed by atoms with Crippen molar-refractivity contribution in [1.82, 2.24) is 15.5 Å². The van der Waals surface area contributed by atoms with E-state index in [4.69, 9.17) is 4.52 Å². The Hall–Kier alpha value is -1.82. The third-order valence-electron chi connectivity index (χ3n) is 2.41. The number of carbonyl (C=O) groups is 1. The smallest absolute Gasteiger partial charge is 0.236 e. The molecule has 2 aromatic rings. The van der Waals surface area contributed by atoms with E-state index >= 15 is 0 Å². The normalized spacial score (nSPS) is 10.8. The molecular formula is C14H17N3O2S. The van der Waals surface area contributed by atoms with Gasteiger partial charge in [0.2, 0.25) is 17.6 Å². The summed E-state index contributed by atoms with van der Waals surface area (Å²) in [5, 5.41) is 6.77. The first-order valence-corrected chi connectivity index (χ1v) is 7.55. The summed E-state index contributed by atoms with van der Waals surface area (Å²) in [5.74, 6) is 2.05. The fourth-order valence-electron chi connectivity index (χ4n) is 1.61. The lowest BCUT2D eigenvalue weighted by molar-refractivity contribution is -0.119. The summed E-state index contributed by atoms with van der Waals surface area (Å²) in [6.07, 6.45) is 0. The minimum absolute atomic E-state index is 0.0211. The van der Waals surface area contributed by atoms with E-state index in [2.05, 4.69) is 15.5 Å². The average Bonchev–Trinajstić information content (AvgIpc) is 2.88. The molecule has 106 valence electrons. The van der Waals surface area contributed by atoms with Crippen molar-refractivity contribution in [1.29, 1.82) is 0 Å². The summed E-state index contributed by atoms with van der Waals surface area (Å²) in [7, 11) is 0. The third kappa shape index (κ3) is 4.38. The number of nitrogens with zero attached hydrogens (tertiary/aromatic N) is 2. The summed E-state index contributed by atoms with van der Waals surface area (Å²) in [5.41, 5.74) is 0.921. The molecule has 0 radical (unpaired) electrons. The molecule has 0 aliphatic heterocycles. The maximum absolute atomic E-state index is 11.5. The van der Waals surface area contributed by atoms with E-state index in [0.717, 1.165) is 5.56 Å². The molecule has 0 saturated carbocycles. The van der Waals surface area contributed by atoms with Crippen LogP contribution in [0.2, 0.25) is 0 Å². The highest BCUT2D eigenvalue weighted by Gasteiger charge is 2.09. The van der Waals surface area contributed by atoms with Crippen LogP contribution in [0.4, 0.5) is 0 Å². The zero-order valence-corrected chi connectivity index (χ0v) is 12.3. The molecule has 0 aliphatic rings. The minimum Gasteiger partial charge on any atom is -0.353 e. The molecule has 1 amide bonds. The Kier molecular flexibility index (Phi) is 5.17. The number of rotatable bonds is 6. The van der Waals surface area contributed by atoms with Gasteiger partial charge in [-0.25, -0.2) is 0 Å². The number of aromatic nitrogens is 2. The first-order valence-electron chi connectivity index (χ1n) is 6.40. The van der Waals surface area contributed by atoms with Crippen molar-refractivity contribution in [3.63, 3.8) is 0 Å². The minimum atomic E-state index is 0.0211. The topological polar surface area (TPSA) is 68.0 Å². The van der Waals surface area contributed by atoms with Crippen molar-refractivity contribution in [2.75, 3.05) is 5.75 Å². The summed E-state index contributed by atoms with van der Waals surface area (Å²) in [6, 6.07) is 9.81. The van der Waals surface area contributed by atoms with Gasteiger partial charge in [-0.15, -0.1) is 11.8 Å². The highest BCUT2D eigenvalue weighted by molar-refractivity contribution is 7.99. The first kappa shape index (κ1) is 14.6. The maximum atomic E-state index is 11.5. The van der Waals surface area contributed by atoms with E-state index < -0.39 is 0 Å². The fraction of sp³-hybridized carbons (Fsp3) is 0.357. The van der Waals surface area contributed by atoms with Gasteiger partial charge in [0, 0.05) is 11.6 Å². The Balaban J connectivity index is 1.83. The van der Waals surface area contributed by atoms with Gasteiger partial charge >= 0.3 is 0 Å². The maximum Gasteiger partial charge on any atom is 0.236 e. The van der Waals surface area contributed by atoms with Crippen molar-refractivity contribution in [3.8, 4) is 11.4 Å². The van der Waals surface area contributed by atoms with Gasteiger partial charge in [-0.1, -0.05) is 35.5 Å².